The van der Waals surface area contributed by atoms with Crippen LogP contribution in [0.15, 0.2) is 29.2 Å². The summed E-state index contributed by atoms with van der Waals surface area (Å²) in [6, 6.07) is 6.11. The van der Waals surface area contributed by atoms with Crippen molar-refractivity contribution in [3.05, 3.63) is 24.3 Å². The number of hydrogen-bond acceptors (Lipinski definition) is 4. The molecule has 0 amide bonds. The molecule has 1 rings (SSSR count). The number of aliphatic hydroxyl groups is 1. The zero-order valence-corrected chi connectivity index (χ0v) is 13.2. The minimum absolute atomic E-state index is 0.00559. The van der Waals surface area contributed by atoms with E-state index in [1.165, 1.54) is 19.2 Å². The van der Waals surface area contributed by atoms with Gasteiger partial charge in [0.05, 0.1) is 18.1 Å². The van der Waals surface area contributed by atoms with E-state index >= 15 is 0 Å². The third kappa shape index (κ3) is 5.48. The van der Waals surface area contributed by atoms with Gasteiger partial charge < -0.3 is 9.84 Å². The lowest BCUT2D eigenvalue weighted by Crippen LogP contribution is -2.34. The van der Waals surface area contributed by atoms with Gasteiger partial charge in [-0.05, 0) is 36.1 Å². The minimum Gasteiger partial charge on any atom is -0.497 e. The number of nitrogens with one attached hydrogen (secondary N) is 1. The Labute approximate surface area is 121 Å². The van der Waals surface area contributed by atoms with Crippen LogP contribution in [0.1, 0.15) is 27.2 Å². The molecule has 1 aromatic rings. The summed E-state index contributed by atoms with van der Waals surface area (Å²) in [6.07, 6.45) is -0.180. The Morgan fingerprint density at radius 3 is 2.25 bits per heavy atom. The van der Waals surface area contributed by atoms with E-state index in [1.54, 1.807) is 12.1 Å². The molecule has 0 bridgehead atoms. The van der Waals surface area contributed by atoms with E-state index in [0.717, 1.165) is 0 Å². The minimum atomic E-state index is -3.60. The fourth-order valence-corrected chi connectivity index (χ4v) is 2.90. The lowest BCUT2D eigenvalue weighted by molar-refractivity contribution is 0.125. The van der Waals surface area contributed by atoms with Gasteiger partial charge in [0.15, 0.2) is 0 Å². The van der Waals surface area contributed by atoms with Crippen molar-refractivity contribution in [3.8, 4) is 5.75 Å². The molecule has 0 saturated carbocycles. The standard InChI is InChI=1S/C14H23NO4S/c1-14(2,3)9-11(16)10-15-20(17,18)13-7-5-12(19-4)6-8-13/h5-8,11,15-16H,9-10H2,1-4H3. The second kappa shape index (κ2) is 6.56. The highest BCUT2D eigenvalue weighted by Crippen LogP contribution is 2.21. The number of rotatable bonds is 6. The SMILES string of the molecule is COc1ccc(S(=O)(=O)NCC(O)CC(C)(C)C)cc1. The highest BCUT2D eigenvalue weighted by molar-refractivity contribution is 7.89. The zero-order valence-electron chi connectivity index (χ0n) is 12.4. The van der Waals surface area contributed by atoms with Gasteiger partial charge in [-0.15, -0.1) is 0 Å². The number of ether oxygens (including phenoxy) is 1. The molecule has 0 radical (unpaired) electrons. The maximum absolute atomic E-state index is 12.0. The van der Waals surface area contributed by atoms with Gasteiger partial charge in [0.2, 0.25) is 10.0 Å². The monoisotopic (exact) mass is 301 g/mol. The molecular weight excluding hydrogens is 278 g/mol. The van der Waals surface area contributed by atoms with Crippen LogP contribution in [-0.4, -0.2) is 33.3 Å². The summed E-state index contributed by atoms with van der Waals surface area (Å²) in [6.45, 7) is 5.99. The molecular formula is C14H23NO4S. The molecule has 0 aromatic heterocycles. The zero-order chi connectivity index (χ0) is 15.4. The van der Waals surface area contributed by atoms with E-state index in [2.05, 4.69) is 4.72 Å². The molecule has 0 spiro atoms. The first-order valence-electron chi connectivity index (χ1n) is 6.46. The largest absolute Gasteiger partial charge is 0.497 e. The van der Waals surface area contributed by atoms with Crippen molar-refractivity contribution in [1.29, 1.82) is 0 Å². The summed E-state index contributed by atoms with van der Waals surface area (Å²) in [4.78, 5) is 0.154. The molecule has 20 heavy (non-hydrogen) atoms. The van der Waals surface area contributed by atoms with Crippen LogP contribution in [0.25, 0.3) is 0 Å². The van der Waals surface area contributed by atoms with Gasteiger partial charge >= 0.3 is 0 Å². The van der Waals surface area contributed by atoms with Gasteiger partial charge in [0.1, 0.15) is 5.75 Å². The molecule has 6 heteroatoms. The fraction of sp³-hybridized carbons (Fsp3) is 0.571. The molecule has 1 unspecified atom stereocenters. The van der Waals surface area contributed by atoms with Crippen molar-refractivity contribution in [3.63, 3.8) is 0 Å². The number of aliphatic hydroxyl groups excluding tert-OH is 1. The summed E-state index contributed by atoms with van der Waals surface area (Å²) in [5.41, 5.74) is -0.0506. The summed E-state index contributed by atoms with van der Waals surface area (Å²) in [5.74, 6) is 0.594. The van der Waals surface area contributed by atoms with Crippen LogP contribution in [0.4, 0.5) is 0 Å². The molecule has 0 aliphatic rings. The Kier molecular flexibility index (Phi) is 5.56. The molecule has 0 fully saturated rings. The highest BCUT2D eigenvalue weighted by atomic mass is 32.2. The molecule has 0 aliphatic heterocycles. The van der Waals surface area contributed by atoms with Crippen LogP contribution < -0.4 is 9.46 Å². The molecule has 2 N–H and O–H groups in total. The van der Waals surface area contributed by atoms with Crippen LogP contribution >= 0.6 is 0 Å². The number of hydrogen-bond donors (Lipinski definition) is 2. The topological polar surface area (TPSA) is 75.6 Å². The Balaban J connectivity index is 2.65. The van der Waals surface area contributed by atoms with Gasteiger partial charge in [-0.2, -0.15) is 0 Å². The van der Waals surface area contributed by atoms with E-state index in [9.17, 15) is 13.5 Å². The number of benzene rings is 1. The lowest BCUT2D eigenvalue weighted by Gasteiger charge is -2.22. The molecule has 0 saturated heterocycles. The lowest BCUT2D eigenvalue weighted by atomic mass is 9.89. The normalized spacial score (nSPS) is 14.1. The first kappa shape index (κ1) is 16.9. The van der Waals surface area contributed by atoms with Gasteiger partial charge in [0, 0.05) is 6.54 Å². The molecule has 1 atom stereocenters. The van der Waals surface area contributed by atoms with Gasteiger partial charge in [-0.3, -0.25) is 0 Å². The quantitative estimate of drug-likeness (QED) is 0.839. The van der Waals surface area contributed by atoms with Crippen molar-refractivity contribution < 1.29 is 18.3 Å². The Bertz CT molecular complexity index is 517. The summed E-state index contributed by atoms with van der Waals surface area (Å²) in [5, 5.41) is 9.83. The van der Waals surface area contributed by atoms with Crippen LogP contribution in [0.2, 0.25) is 0 Å². The van der Waals surface area contributed by atoms with Crippen molar-refractivity contribution in [1.82, 2.24) is 4.72 Å². The molecule has 114 valence electrons. The van der Waals surface area contributed by atoms with Crippen molar-refractivity contribution >= 4 is 10.0 Å². The first-order chi connectivity index (χ1) is 9.14. The Hall–Kier alpha value is -1.11. The Morgan fingerprint density at radius 1 is 1.25 bits per heavy atom. The van der Waals surface area contributed by atoms with Gasteiger partial charge in [-0.25, -0.2) is 13.1 Å². The van der Waals surface area contributed by atoms with E-state index in [0.29, 0.717) is 12.2 Å². The molecule has 0 aliphatic carbocycles. The van der Waals surface area contributed by atoms with Crippen molar-refractivity contribution in [2.75, 3.05) is 13.7 Å². The second-order valence-electron chi connectivity index (χ2n) is 5.95. The van der Waals surface area contributed by atoms with E-state index < -0.39 is 16.1 Å². The number of methoxy groups -OCH3 is 1. The summed E-state index contributed by atoms with van der Waals surface area (Å²) >= 11 is 0. The van der Waals surface area contributed by atoms with E-state index in [4.69, 9.17) is 4.74 Å². The average Bonchev–Trinajstić information content (AvgIpc) is 2.35. The van der Waals surface area contributed by atoms with Gasteiger partial charge in [-0.1, -0.05) is 20.8 Å². The molecule has 1 aromatic carbocycles. The average molecular weight is 301 g/mol. The maximum atomic E-state index is 12.0. The first-order valence-corrected chi connectivity index (χ1v) is 7.94. The molecule has 0 heterocycles. The van der Waals surface area contributed by atoms with Crippen molar-refractivity contribution in [2.45, 2.75) is 38.2 Å². The van der Waals surface area contributed by atoms with Crippen LogP contribution in [0.3, 0.4) is 0 Å². The third-order valence-corrected chi connectivity index (χ3v) is 4.17. The second-order valence-corrected chi connectivity index (χ2v) is 7.71. The highest BCUT2D eigenvalue weighted by Gasteiger charge is 2.20. The van der Waals surface area contributed by atoms with Crippen LogP contribution in [0, 0.1) is 5.41 Å². The van der Waals surface area contributed by atoms with Crippen LogP contribution in [-0.2, 0) is 10.0 Å². The van der Waals surface area contributed by atoms with Crippen LogP contribution in [0.5, 0.6) is 5.75 Å². The summed E-state index contributed by atoms with van der Waals surface area (Å²) < 4.78 is 31.5. The number of sulfonamides is 1. The van der Waals surface area contributed by atoms with Crippen molar-refractivity contribution in [2.24, 2.45) is 5.41 Å². The third-order valence-electron chi connectivity index (χ3n) is 2.73. The predicted molar refractivity (Wildman–Crippen MR) is 78.3 cm³/mol. The maximum Gasteiger partial charge on any atom is 0.240 e. The summed E-state index contributed by atoms with van der Waals surface area (Å²) in [7, 11) is -2.08. The van der Waals surface area contributed by atoms with E-state index in [-0.39, 0.29) is 16.9 Å². The molecule has 5 nitrogen and oxygen atoms in total. The van der Waals surface area contributed by atoms with Gasteiger partial charge in [0.25, 0.3) is 0 Å². The smallest absolute Gasteiger partial charge is 0.240 e. The Morgan fingerprint density at radius 2 is 1.80 bits per heavy atom. The van der Waals surface area contributed by atoms with E-state index in [1.807, 2.05) is 20.8 Å². The fourth-order valence-electron chi connectivity index (χ4n) is 1.82. The predicted octanol–water partition coefficient (Wildman–Crippen LogP) is 1.77.